The number of carbonyl (C=O) groups excluding carboxylic acids is 1. The Morgan fingerprint density at radius 3 is 2.70 bits per heavy atom. The van der Waals surface area contributed by atoms with Gasteiger partial charge in [-0.3, -0.25) is 9.69 Å². The van der Waals surface area contributed by atoms with E-state index in [0.29, 0.717) is 12.2 Å². The minimum absolute atomic E-state index is 0.00454. The number of hydrogen-bond donors (Lipinski definition) is 0. The average Bonchev–Trinajstić information content (AvgIpc) is 2.55. The van der Waals surface area contributed by atoms with Crippen LogP contribution in [0.2, 0.25) is 0 Å². The van der Waals surface area contributed by atoms with Gasteiger partial charge in [0.1, 0.15) is 0 Å². The maximum absolute atomic E-state index is 12.8. The van der Waals surface area contributed by atoms with Gasteiger partial charge in [0, 0.05) is 12.1 Å². The number of nitrogens with zero attached hydrogens (tertiary/aromatic N) is 4. The van der Waals surface area contributed by atoms with Crippen LogP contribution in [-0.4, -0.2) is 53.0 Å². The number of likely N-dealkylation sites (tertiary alicyclic amines) is 1. The number of nitro groups is 1. The van der Waals surface area contributed by atoms with Gasteiger partial charge >= 0.3 is 5.82 Å². The molecule has 3 rings (SSSR count). The molecule has 0 aliphatic carbocycles. The second-order valence-electron chi connectivity index (χ2n) is 6.01. The highest BCUT2D eigenvalue weighted by Crippen LogP contribution is 2.37. The van der Waals surface area contributed by atoms with Crippen LogP contribution in [0.15, 0.2) is 12.1 Å². The van der Waals surface area contributed by atoms with E-state index < -0.39 is 11.0 Å². The van der Waals surface area contributed by atoms with Crippen LogP contribution < -0.4 is 9.64 Å². The van der Waals surface area contributed by atoms with E-state index in [0.717, 1.165) is 25.9 Å². The lowest BCUT2D eigenvalue weighted by molar-refractivity contribution is -0.389. The Labute approximate surface area is 134 Å². The Hall–Kier alpha value is -2.22. The highest BCUT2D eigenvalue weighted by Gasteiger charge is 2.42. The van der Waals surface area contributed by atoms with Crippen LogP contribution in [0.3, 0.4) is 0 Å². The Balaban J connectivity index is 2.00. The molecular formula is C15H20N4O4. The number of anilines is 1. The van der Waals surface area contributed by atoms with Gasteiger partial charge in [-0.05, 0) is 55.4 Å². The van der Waals surface area contributed by atoms with Crippen LogP contribution in [0.25, 0.3) is 0 Å². The first kappa shape index (κ1) is 15.7. The van der Waals surface area contributed by atoms with E-state index in [1.54, 1.807) is 4.90 Å². The summed E-state index contributed by atoms with van der Waals surface area (Å²) in [5, 5.41) is 11.0. The quantitative estimate of drug-likeness (QED) is 0.620. The lowest BCUT2D eigenvalue weighted by Crippen LogP contribution is -2.53. The number of aromatic nitrogens is 1. The van der Waals surface area contributed by atoms with E-state index in [9.17, 15) is 14.9 Å². The van der Waals surface area contributed by atoms with Crippen LogP contribution in [0, 0.1) is 10.1 Å². The molecule has 124 valence electrons. The lowest BCUT2D eigenvalue weighted by Gasteiger charge is -2.39. The minimum atomic E-state index is -0.552. The molecule has 0 saturated carbocycles. The fourth-order valence-electron chi connectivity index (χ4n) is 3.12. The van der Waals surface area contributed by atoms with E-state index in [-0.39, 0.29) is 23.6 Å². The van der Waals surface area contributed by atoms with E-state index in [4.69, 9.17) is 4.74 Å². The van der Waals surface area contributed by atoms with Gasteiger partial charge in [0.05, 0.1) is 0 Å². The van der Waals surface area contributed by atoms with Crippen molar-refractivity contribution >= 4 is 17.5 Å². The molecule has 23 heavy (non-hydrogen) atoms. The molecule has 0 radical (unpaired) electrons. The maximum Gasteiger partial charge on any atom is 0.366 e. The van der Waals surface area contributed by atoms with E-state index in [1.165, 1.54) is 12.1 Å². The number of rotatable bonds is 3. The fourth-order valence-corrected chi connectivity index (χ4v) is 3.12. The van der Waals surface area contributed by atoms with Gasteiger partial charge in [-0.1, -0.05) is 6.92 Å². The smallest absolute Gasteiger partial charge is 0.366 e. The van der Waals surface area contributed by atoms with Crippen molar-refractivity contribution in [3.05, 3.63) is 22.2 Å². The number of amides is 1. The summed E-state index contributed by atoms with van der Waals surface area (Å²) in [7, 11) is 2.04. The van der Waals surface area contributed by atoms with E-state index in [2.05, 4.69) is 9.88 Å². The van der Waals surface area contributed by atoms with Crippen molar-refractivity contribution in [2.75, 3.05) is 25.0 Å². The first-order valence-electron chi connectivity index (χ1n) is 7.85. The number of pyridine rings is 1. The number of carbonyl (C=O) groups is 1. The molecule has 2 aliphatic rings. The zero-order valence-electron chi connectivity index (χ0n) is 13.3. The summed E-state index contributed by atoms with van der Waals surface area (Å²) in [6, 6.07) is 2.86. The van der Waals surface area contributed by atoms with Crippen LogP contribution in [0.4, 0.5) is 11.6 Å². The molecule has 2 aliphatic heterocycles. The Morgan fingerprint density at radius 1 is 1.39 bits per heavy atom. The lowest BCUT2D eigenvalue weighted by atomic mass is 10.0. The van der Waals surface area contributed by atoms with E-state index in [1.807, 2.05) is 14.0 Å². The largest absolute Gasteiger partial charge is 0.474 e. The number of fused-ring (bicyclic) bond motifs is 1. The van der Waals surface area contributed by atoms with Gasteiger partial charge in [0.25, 0.3) is 11.7 Å². The van der Waals surface area contributed by atoms with Crippen molar-refractivity contribution in [3.63, 3.8) is 0 Å². The average molecular weight is 320 g/mol. The molecule has 1 unspecified atom stereocenters. The summed E-state index contributed by atoms with van der Waals surface area (Å²) in [4.78, 5) is 31.1. The van der Waals surface area contributed by atoms with Crippen molar-refractivity contribution in [3.8, 4) is 5.75 Å². The van der Waals surface area contributed by atoms with Crippen molar-refractivity contribution < 1.29 is 14.5 Å². The molecular weight excluding hydrogens is 300 g/mol. The van der Waals surface area contributed by atoms with Gasteiger partial charge in [-0.15, -0.1) is 0 Å². The molecule has 1 saturated heterocycles. The normalized spacial score (nSPS) is 22.6. The summed E-state index contributed by atoms with van der Waals surface area (Å²) < 4.78 is 5.68. The molecule has 3 heterocycles. The number of piperidine rings is 1. The van der Waals surface area contributed by atoms with Gasteiger partial charge < -0.3 is 19.8 Å². The predicted molar refractivity (Wildman–Crippen MR) is 83.6 cm³/mol. The molecule has 1 aromatic rings. The first-order valence-corrected chi connectivity index (χ1v) is 7.85. The van der Waals surface area contributed by atoms with Crippen molar-refractivity contribution in [1.29, 1.82) is 0 Å². The third kappa shape index (κ3) is 2.86. The van der Waals surface area contributed by atoms with E-state index >= 15 is 0 Å². The van der Waals surface area contributed by atoms with Crippen molar-refractivity contribution in [2.24, 2.45) is 0 Å². The molecule has 8 heteroatoms. The molecule has 0 aromatic carbocycles. The van der Waals surface area contributed by atoms with Crippen LogP contribution in [0.5, 0.6) is 5.75 Å². The Morgan fingerprint density at radius 2 is 2.09 bits per heavy atom. The standard InChI is InChI=1S/C15H20N4O4/c1-3-11-15(20)18(10-6-8-17(2)9-7-10)14-12(23-11)4-5-13(16-14)19(21)22/h4-5,10-11H,3,6-9H2,1-2H3. The molecule has 1 amide bonds. The second kappa shape index (κ2) is 6.11. The summed E-state index contributed by atoms with van der Waals surface area (Å²) in [6.45, 7) is 3.66. The topological polar surface area (TPSA) is 88.8 Å². The predicted octanol–water partition coefficient (Wildman–Crippen LogP) is 1.59. The SMILES string of the molecule is CCC1Oc2ccc([N+](=O)[O-])nc2N(C2CCN(C)CC2)C1=O. The maximum atomic E-state index is 12.8. The first-order chi connectivity index (χ1) is 11.0. The third-order valence-electron chi connectivity index (χ3n) is 4.45. The summed E-state index contributed by atoms with van der Waals surface area (Å²) >= 11 is 0. The Bertz CT molecular complexity index is 628. The van der Waals surface area contributed by atoms with Crippen molar-refractivity contribution in [1.82, 2.24) is 9.88 Å². The zero-order valence-corrected chi connectivity index (χ0v) is 13.3. The fraction of sp³-hybridized carbons (Fsp3) is 0.600. The van der Waals surface area contributed by atoms with Crippen LogP contribution in [-0.2, 0) is 4.79 Å². The summed E-state index contributed by atoms with van der Waals surface area (Å²) in [5.41, 5.74) is 0. The van der Waals surface area contributed by atoms with Gasteiger partial charge in [0.2, 0.25) is 0 Å². The molecule has 1 atom stereocenters. The summed E-state index contributed by atoms with van der Waals surface area (Å²) in [6.07, 6.45) is 1.65. The molecule has 0 N–H and O–H groups in total. The highest BCUT2D eigenvalue weighted by molar-refractivity contribution is 5.99. The molecule has 0 spiro atoms. The van der Waals surface area contributed by atoms with Gasteiger partial charge in [0.15, 0.2) is 11.9 Å². The molecule has 0 bridgehead atoms. The molecule has 1 aromatic heterocycles. The van der Waals surface area contributed by atoms with Crippen molar-refractivity contribution in [2.45, 2.75) is 38.3 Å². The Kier molecular flexibility index (Phi) is 4.16. The van der Waals surface area contributed by atoms with Crippen LogP contribution in [0.1, 0.15) is 26.2 Å². The monoisotopic (exact) mass is 320 g/mol. The number of hydrogen-bond acceptors (Lipinski definition) is 6. The third-order valence-corrected chi connectivity index (χ3v) is 4.45. The van der Waals surface area contributed by atoms with Gasteiger partial charge in [-0.2, -0.15) is 0 Å². The minimum Gasteiger partial charge on any atom is -0.474 e. The number of ether oxygens (including phenoxy) is 1. The highest BCUT2D eigenvalue weighted by atomic mass is 16.6. The zero-order chi connectivity index (χ0) is 16.6. The van der Waals surface area contributed by atoms with Crippen LogP contribution >= 0.6 is 0 Å². The summed E-state index contributed by atoms with van der Waals surface area (Å²) in [5.74, 6) is 0.306. The van der Waals surface area contributed by atoms with Gasteiger partial charge in [-0.25, -0.2) is 0 Å². The molecule has 8 nitrogen and oxygen atoms in total. The second-order valence-corrected chi connectivity index (χ2v) is 6.01. The molecule has 1 fully saturated rings.